The second-order valence-corrected chi connectivity index (χ2v) is 24.7. The molecular formula is C72H130O6. The minimum atomic E-state index is -0.430. The van der Waals surface area contributed by atoms with E-state index in [2.05, 4.69) is 91.8 Å². The lowest BCUT2D eigenvalue weighted by molar-refractivity contribution is -0.102. The van der Waals surface area contributed by atoms with Crippen LogP contribution in [0.4, 0.5) is 0 Å². The summed E-state index contributed by atoms with van der Waals surface area (Å²) in [5.74, 6) is 1.92. The van der Waals surface area contributed by atoms with Crippen LogP contribution >= 0.6 is 0 Å². The first kappa shape index (κ1) is 72.0. The van der Waals surface area contributed by atoms with Gasteiger partial charge in [0.2, 0.25) is 0 Å². The van der Waals surface area contributed by atoms with Crippen molar-refractivity contribution in [3.63, 3.8) is 0 Å². The molecule has 78 heavy (non-hydrogen) atoms. The fourth-order valence-corrected chi connectivity index (χ4v) is 12.6. The highest BCUT2D eigenvalue weighted by Gasteiger charge is 2.31. The van der Waals surface area contributed by atoms with E-state index in [1.807, 2.05) is 0 Å². The predicted molar refractivity (Wildman–Crippen MR) is 338 cm³/mol. The Balaban J connectivity index is 2.82. The highest BCUT2D eigenvalue weighted by molar-refractivity contribution is 5.47. The van der Waals surface area contributed by atoms with Gasteiger partial charge in [-0.3, -0.25) is 9.78 Å². The molecule has 0 aliphatic rings. The maximum absolute atomic E-state index is 11.6. The van der Waals surface area contributed by atoms with Gasteiger partial charge in [-0.25, -0.2) is 0 Å². The fraction of sp³-hybridized carbons (Fsp3) is 0.833. The molecule has 6 heteroatoms. The van der Waals surface area contributed by atoms with Crippen molar-refractivity contribution >= 4 is 0 Å². The van der Waals surface area contributed by atoms with Gasteiger partial charge in [0.25, 0.3) is 0 Å². The van der Waals surface area contributed by atoms with Crippen molar-refractivity contribution < 1.29 is 30.2 Å². The Morgan fingerprint density at radius 2 is 0.500 bits per heavy atom. The van der Waals surface area contributed by atoms with Crippen LogP contribution in [0.2, 0.25) is 0 Å². The smallest absolute Gasteiger partial charge is 0.182 e. The van der Waals surface area contributed by atoms with Gasteiger partial charge in [0, 0.05) is 11.1 Å². The summed E-state index contributed by atoms with van der Waals surface area (Å²) in [5, 5.41) is 46.1. The zero-order valence-corrected chi connectivity index (χ0v) is 52.8. The topological polar surface area (TPSA) is 99.4 Å². The quantitative estimate of drug-likeness (QED) is 0.0299. The molecule has 0 heterocycles. The van der Waals surface area contributed by atoms with Crippen LogP contribution in [0.3, 0.4) is 0 Å². The summed E-state index contributed by atoms with van der Waals surface area (Å²) < 4.78 is 0. The molecule has 4 N–H and O–H groups in total. The Morgan fingerprint density at radius 3 is 0.744 bits per heavy atom. The summed E-state index contributed by atoms with van der Waals surface area (Å²) in [6, 6.07) is 13.1. The van der Waals surface area contributed by atoms with Gasteiger partial charge >= 0.3 is 0 Å². The van der Waals surface area contributed by atoms with Gasteiger partial charge in [0.15, 0.2) is 11.5 Å². The van der Waals surface area contributed by atoms with Crippen molar-refractivity contribution in [3.8, 4) is 11.5 Å². The van der Waals surface area contributed by atoms with Crippen LogP contribution in [0.25, 0.3) is 0 Å². The van der Waals surface area contributed by atoms with Gasteiger partial charge in [-0.1, -0.05) is 285 Å². The van der Waals surface area contributed by atoms with Crippen molar-refractivity contribution in [2.45, 2.75) is 386 Å². The molecule has 0 aliphatic carbocycles. The highest BCUT2D eigenvalue weighted by atomic mass is 17.2. The molecule has 454 valence electrons. The maximum Gasteiger partial charge on any atom is 0.182 e. The summed E-state index contributed by atoms with van der Waals surface area (Å²) in [6.45, 7) is 17.5. The van der Waals surface area contributed by atoms with Gasteiger partial charge in [0.05, 0.1) is 24.4 Å². The van der Waals surface area contributed by atoms with E-state index in [9.17, 15) is 20.4 Å². The summed E-state index contributed by atoms with van der Waals surface area (Å²) in [7, 11) is 0. The van der Waals surface area contributed by atoms with Crippen LogP contribution in [0, 0.1) is 0 Å². The van der Waals surface area contributed by atoms with E-state index in [4.69, 9.17) is 9.78 Å². The molecule has 0 spiro atoms. The largest absolute Gasteiger partial charge is 0.393 e. The second-order valence-electron chi connectivity index (χ2n) is 24.7. The molecule has 0 radical (unpaired) electrons. The van der Waals surface area contributed by atoms with Crippen molar-refractivity contribution in [1.82, 2.24) is 0 Å². The number of aliphatic hydroxyl groups excluding tert-OH is 4. The summed E-state index contributed by atoms with van der Waals surface area (Å²) in [4.78, 5) is 13.9. The monoisotopic (exact) mass is 1090 g/mol. The van der Waals surface area contributed by atoms with Crippen molar-refractivity contribution in [2.75, 3.05) is 0 Å². The molecule has 2 aromatic rings. The first-order chi connectivity index (χ1) is 38.1. The zero-order chi connectivity index (χ0) is 56.9. The van der Waals surface area contributed by atoms with Crippen molar-refractivity contribution in [2.24, 2.45) is 0 Å². The van der Waals surface area contributed by atoms with Gasteiger partial charge in [0.1, 0.15) is 0 Å². The van der Waals surface area contributed by atoms with E-state index < -0.39 is 24.4 Å². The van der Waals surface area contributed by atoms with Gasteiger partial charge in [-0.2, -0.15) is 0 Å². The normalized spacial score (nSPS) is 15.0. The molecule has 6 nitrogen and oxygen atoms in total. The number of rotatable bonds is 55. The van der Waals surface area contributed by atoms with E-state index in [0.29, 0.717) is 38.5 Å². The molecular weight excluding hydrogens is 961 g/mol. The number of aliphatic hydroxyl groups is 4. The van der Waals surface area contributed by atoms with E-state index in [-0.39, 0.29) is 23.7 Å². The molecule has 2 aromatic carbocycles. The van der Waals surface area contributed by atoms with Gasteiger partial charge < -0.3 is 20.4 Å². The molecule has 8 atom stereocenters. The first-order valence-corrected chi connectivity index (χ1v) is 34.4. The predicted octanol–water partition coefficient (Wildman–Crippen LogP) is 22.2. The molecule has 0 amide bonds. The van der Waals surface area contributed by atoms with E-state index in [0.717, 1.165) is 86.8 Å². The molecule has 0 aromatic heterocycles. The Kier molecular flexibility index (Phi) is 44.7. The van der Waals surface area contributed by atoms with Crippen LogP contribution in [0.5, 0.6) is 11.5 Å². The van der Waals surface area contributed by atoms with E-state index >= 15 is 0 Å². The van der Waals surface area contributed by atoms with Crippen molar-refractivity contribution in [1.29, 1.82) is 0 Å². The Bertz CT molecular complexity index is 1520. The minimum absolute atomic E-state index is 0.0708. The SMILES string of the molecule is CCCCCCCCCCC(CC(O)CC)c1cccc(OOc2cccc(C(CCCCCCCCCC)CC(O)CC)c2C(CCCCCCCCCC)CC(O)CC)c1C(CCCCCCCCCC)CC(O)CC. The van der Waals surface area contributed by atoms with Crippen molar-refractivity contribution in [3.05, 3.63) is 58.7 Å². The lowest BCUT2D eigenvalue weighted by atomic mass is 9.78. The van der Waals surface area contributed by atoms with E-state index in [1.165, 1.54) is 191 Å². The molecule has 0 saturated heterocycles. The third kappa shape index (κ3) is 31.9. The standard InChI is InChI=1S/C72H130O6/c1-9-17-21-25-29-33-37-41-47-59(55-63(73)13-5)67-51-45-53-69(71(67)61(57-65(75)15-7)49-43-39-35-31-27-23-19-11-3)77-78-70-54-46-52-68(60(56-64(74)14-6)48-42-38-34-30-26-22-18-10-2)72(70)62(58-66(76)16-8)50-44-40-36-32-28-24-20-12-4/h45-46,51-54,59-66,73-76H,9-44,47-50,55-58H2,1-8H3. The molecule has 2 rings (SSSR count). The van der Waals surface area contributed by atoms with Gasteiger partial charge in [-0.05, 0) is 124 Å². The van der Waals surface area contributed by atoms with E-state index in [1.54, 1.807) is 0 Å². The number of benzene rings is 2. The first-order valence-electron chi connectivity index (χ1n) is 34.4. The summed E-state index contributed by atoms with van der Waals surface area (Å²) >= 11 is 0. The minimum Gasteiger partial charge on any atom is -0.393 e. The maximum atomic E-state index is 11.6. The molecule has 8 unspecified atom stereocenters. The Morgan fingerprint density at radius 1 is 0.282 bits per heavy atom. The molecule has 0 fully saturated rings. The fourth-order valence-electron chi connectivity index (χ4n) is 12.6. The van der Waals surface area contributed by atoms with Crippen LogP contribution in [-0.2, 0) is 0 Å². The van der Waals surface area contributed by atoms with Crippen LogP contribution in [0.1, 0.15) is 384 Å². The number of unbranched alkanes of at least 4 members (excludes halogenated alkanes) is 28. The van der Waals surface area contributed by atoms with Gasteiger partial charge in [-0.15, -0.1) is 0 Å². The Hall–Kier alpha value is -2.12. The highest BCUT2D eigenvalue weighted by Crippen LogP contribution is 2.46. The average Bonchev–Trinajstić information content (AvgIpc) is 3.45. The zero-order valence-electron chi connectivity index (χ0n) is 52.8. The van der Waals surface area contributed by atoms with Crippen LogP contribution in [-0.4, -0.2) is 44.8 Å². The third-order valence-corrected chi connectivity index (χ3v) is 17.9. The summed E-state index contributed by atoms with van der Waals surface area (Å²) in [6.07, 6.45) is 48.2. The Labute approximate surface area is 484 Å². The number of hydrogen-bond acceptors (Lipinski definition) is 6. The average molecular weight is 1090 g/mol. The molecule has 0 saturated carbocycles. The van der Waals surface area contributed by atoms with Crippen LogP contribution < -0.4 is 9.78 Å². The third-order valence-electron chi connectivity index (χ3n) is 17.9. The second kappa shape index (κ2) is 48.4. The summed E-state index contributed by atoms with van der Waals surface area (Å²) in [5.41, 5.74) is 4.83. The molecule has 0 aliphatic heterocycles. The number of hydrogen-bond donors (Lipinski definition) is 4. The lowest BCUT2D eigenvalue weighted by Gasteiger charge is -2.31. The molecule has 0 bridgehead atoms. The lowest BCUT2D eigenvalue weighted by Crippen LogP contribution is -2.20. The van der Waals surface area contributed by atoms with Crippen LogP contribution in [0.15, 0.2) is 36.4 Å².